The summed E-state index contributed by atoms with van der Waals surface area (Å²) in [6.45, 7) is 14.2. The molecule has 0 aliphatic carbocycles. The van der Waals surface area contributed by atoms with Crippen LogP contribution in [-0.2, 0) is 65.4 Å². The van der Waals surface area contributed by atoms with Gasteiger partial charge in [-0.3, -0.25) is 37.3 Å². The number of rotatable bonds is 79. The van der Waals surface area contributed by atoms with E-state index >= 15 is 0 Å². The minimum absolute atomic E-state index is 0.105. The first-order valence-corrected chi connectivity index (χ1v) is 45.2. The Hall–Kier alpha value is -1.94. The Bertz CT molecular complexity index is 1970. The van der Waals surface area contributed by atoms with Crippen LogP contribution in [0.25, 0.3) is 0 Å². The summed E-state index contributed by atoms with van der Waals surface area (Å²) in [6, 6.07) is 0. The Morgan fingerprint density at radius 3 is 0.614 bits per heavy atom. The minimum Gasteiger partial charge on any atom is -0.462 e. The zero-order valence-electron chi connectivity index (χ0n) is 66.5. The van der Waals surface area contributed by atoms with Gasteiger partial charge < -0.3 is 33.8 Å². The van der Waals surface area contributed by atoms with Crippen LogP contribution in [0.3, 0.4) is 0 Å². The first-order chi connectivity index (χ1) is 48.6. The van der Waals surface area contributed by atoms with Crippen LogP contribution < -0.4 is 0 Å². The fraction of sp³-hybridized carbons (Fsp3) is 0.951. The van der Waals surface area contributed by atoms with Gasteiger partial charge in [0.1, 0.15) is 19.3 Å². The van der Waals surface area contributed by atoms with Crippen molar-refractivity contribution in [2.24, 2.45) is 23.7 Å². The lowest BCUT2D eigenvalue weighted by Crippen LogP contribution is -2.30. The standard InChI is InChI=1S/C82H160O17P2/c1-72(2)58-50-42-34-26-21-17-13-11-9-10-12-14-19-23-29-38-46-54-62-79(84)92-68-77(98-81(86)64-56-48-40-30-24-20-16-15-18-22-27-35-43-51-59-73(3)4)70-96-100(88,89)94-66-76(83)67-95-101(90,91)97-71-78(69-93-80(85)63-55-47-39-33-32-37-45-53-61-75(7)8)99-82(87)65-57-49-41-31-25-28-36-44-52-60-74(5)6/h72-78,83H,9-71H2,1-8H3,(H,88,89)(H,90,91)/t76?,77-,78-/m1/s1. The van der Waals surface area contributed by atoms with Gasteiger partial charge in [0.15, 0.2) is 12.2 Å². The van der Waals surface area contributed by atoms with Crippen LogP contribution in [0.5, 0.6) is 0 Å². The fourth-order valence-corrected chi connectivity index (χ4v) is 14.2. The zero-order chi connectivity index (χ0) is 74.6. The molecule has 600 valence electrons. The molecule has 0 saturated carbocycles. The number of phosphoric acid groups is 2. The average Bonchev–Trinajstić information content (AvgIpc) is 0.952. The van der Waals surface area contributed by atoms with Gasteiger partial charge in [-0.15, -0.1) is 0 Å². The van der Waals surface area contributed by atoms with Crippen LogP contribution >= 0.6 is 15.6 Å². The number of aliphatic hydroxyl groups is 1. The second-order valence-corrected chi connectivity index (χ2v) is 34.3. The molecule has 0 bridgehead atoms. The van der Waals surface area contributed by atoms with Crippen LogP contribution in [0.2, 0.25) is 0 Å². The highest BCUT2D eigenvalue weighted by Crippen LogP contribution is 2.45. The van der Waals surface area contributed by atoms with Gasteiger partial charge >= 0.3 is 39.5 Å². The first kappa shape index (κ1) is 99.1. The van der Waals surface area contributed by atoms with Gasteiger partial charge in [-0.05, 0) is 49.4 Å². The zero-order valence-corrected chi connectivity index (χ0v) is 68.3. The summed E-state index contributed by atoms with van der Waals surface area (Å²) in [5.41, 5.74) is 0. The first-order valence-electron chi connectivity index (χ1n) is 42.2. The Balaban J connectivity index is 5.22. The highest BCUT2D eigenvalue weighted by Gasteiger charge is 2.30. The largest absolute Gasteiger partial charge is 0.472 e. The molecule has 0 spiro atoms. The number of carbonyl (C=O) groups excluding carboxylic acids is 4. The van der Waals surface area contributed by atoms with Crippen molar-refractivity contribution in [1.29, 1.82) is 0 Å². The molecule has 0 heterocycles. The SMILES string of the molecule is CC(C)CCCCCCCCCCCCCCCCCCCCC(=O)OC[C@H](COP(=O)(O)OCC(O)COP(=O)(O)OC[C@@H](COC(=O)CCCCCCCCCCC(C)C)OC(=O)CCCCCCCCCCCC(C)C)OC(=O)CCCCCCCCCCCCCCCCC(C)C. The smallest absolute Gasteiger partial charge is 0.462 e. The molecule has 0 aliphatic heterocycles. The number of aliphatic hydroxyl groups excluding tert-OH is 1. The summed E-state index contributed by atoms with van der Waals surface area (Å²) in [6.07, 6.45) is 58.4. The number of hydrogen-bond acceptors (Lipinski definition) is 15. The van der Waals surface area contributed by atoms with Crippen LogP contribution in [-0.4, -0.2) is 96.7 Å². The van der Waals surface area contributed by atoms with Gasteiger partial charge in [0.2, 0.25) is 0 Å². The second kappa shape index (κ2) is 71.0. The molecule has 0 aliphatic rings. The number of ether oxygens (including phenoxy) is 4. The Morgan fingerprint density at radius 2 is 0.416 bits per heavy atom. The molecule has 0 rings (SSSR count). The third-order valence-electron chi connectivity index (χ3n) is 19.1. The van der Waals surface area contributed by atoms with Crippen molar-refractivity contribution >= 4 is 39.5 Å². The maximum absolute atomic E-state index is 13.1. The molecule has 17 nitrogen and oxygen atoms in total. The molecule has 0 amide bonds. The molecule has 5 atom stereocenters. The van der Waals surface area contributed by atoms with Crippen molar-refractivity contribution in [2.45, 2.75) is 440 Å². The average molecular weight is 1480 g/mol. The number of hydrogen-bond donors (Lipinski definition) is 3. The van der Waals surface area contributed by atoms with Gasteiger partial charge in [-0.25, -0.2) is 9.13 Å². The highest BCUT2D eigenvalue weighted by molar-refractivity contribution is 7.47. The summed E-state index contributed by atoms with van der Waals surface area (Å²) in [5.74, 6) is 0.967. The van der Waals surface area contributed by atoms with E-state index in [2.05, 4.69) is 55.4 Å². The van der Waals surface area contributed by atoms with Crippen LogP contribution in [0, 0.1) is 23.7 Å². The van der Waals surface area contributed by atoms with E-state index in [0.717, 1.165) is 114 Å². The maximum atomic E-state index is 13.1. The van der Waals surface area contributed by atoms with Crippen molar-refractivity contribution < 1.29 is 80.2 Å². The lowest BCUT2D eigenvalue weighted by molar-refractivity contribution is -0.161. The molecule has 0 radical (unpaired) electrons. The van der Waals surface area contributed by atoms with Gasteiger partial charge in [0, 0.05) is 25.7 Å². The maximum Gasteiger partial charge on any atom is 0.472 e. The molecule has 0 aromatic carbocycles. The molecule has 3 N–H and O–H groups in total. The van der Waals surface area contributed by atoms with E-state index in [9.17, 15) is 43.2 Å². The Labute approximate surface area is 619 Å². The third kappa shape index (κ3) is 76.1. The molecular weight excluding hydrogens is 1320 g/mol. The minimum atomic E-state index is -4.96. The van der Waals surface area contributed by atoms with E-state index in [-0.39, 0.29) is 25.7 Å². The molecule has 0 aromatic rings. The lowest BCUT2D eigenvalue weighted by Gasteiger charge is -2.21. The van der Waals surface area contributed by atoms with Gasteiger partial charge in [0.25, 0.3) is 0 Å². The van der Waals surface area contributed by atoms with Crippen molar-refractivity contribution in [1.82, 2.24) is 0 Å². The number of unbranched alkanes of at least 4 members (excludes halogenated alkanes) is 45. The van der Waals surface area contributed by atoms with E-state index in [0.29, 0.717) is 25.7 Å². The van der Waals surface area contributed by atoms with Crippen LogP contribution in [0.4, 0.5) is 0 Å². The van der Waals surface area contributed by atoms with Crippen molar-refractivity contribution in [2.75, 3.05) is 39.6 Å². The molecule has 19 heteroatoms. The van der Waals surface area contributed by atoms with Crippen LogP contribution in [0.15, 0.2) is 0 Å². The van der Waals surface area contributed by atoms with Crippen molar-refractivity contribution in [3.63, 3.8) is 0 Å². The quantitative estimate of drug-likeness (QED) is 0.0222. The Morgan fingerprint density at radius 1 is 0.248 bits per heavy atom. The summed E-state index contributed by atoms with van der Waals surface area (Å²) >= 11 is 0. The van der Waals surface area contributed by atoms with E-state index in [1.165, 1.54) is 225 Å². The van der Waals surface area contributed by atoms with E-state index in [1.54, 1.807) is 0 Å². The summed E-state index contributed by atoms with van der Waals surface area (Å²) in [5, 5.41) is 10.6. The number of carbonyl (C=O) groups is 4. The molecule has 0 fully saturated rings. The monoisotopic (exact) mass is 1480 g/mol. The topological polar surface area (TPSA) is 237 Å². The predicted octanol–water partition coefficient (Wildman–Crippen LogP) is 24.4. The summed E-state index contributed by atoms with van der Waals surface area (Å²) in [4.78, 5) is 73.0. The van der Waals surface area contributed by atoms with E-state index in [4.69, 9.17) is 37.0 Å². The Kier molecular flexibility index (Phi) is 69.6. The summed E-state index contributed by atoms with van der Waals surface area (Å²) in [7, 11) is -9.92. The number of phosphoric ester groups is 2. The molecule has 3 unspecified atom stereocenters. The van der Waals surface area contributed by atoms with Gasteiger partial charge in [-0.1, -0.05) is 370 Å². The fourth-order valence-electron chi connectivity index (χ4n) is 12.6. The van der Waals surface area contributed by atoms with Crippen LogP contribution in [0.1, 0.15) is 421 Å². The normalized spacial score (nSPS) is 14.0. The van der Waals surface area contributed by atoms with Crippen molar-refractivity contribution in [3.8, 4) is 0 Å². The van der Waals surface area contributed by atoms with Gasteiger partial charge in [0.05, 0.1) is 26.4 Å². The lowest BCUT2D eigenvalue weighted by atomic mass is 10.0. The third-order valence-corrected chi connectivity index (χ3v) is 21.0. The van der Waals surface area contributed by atoms with E-state index in [1.807, 2.05) is 0 Å². The highest BCUT2D eigenvalue weighted by atomic mass is 31.2. The van der Waals surface area contributed by atoms with Gasteiger partial charge in [-0.2, -0.15) is 0 Å². The summed E-state index contributed by atoms with van der Waals surface area (Å²) < 4.78 is 68.7. The molecular formula is C82H160O17P2. The molecule has 101 heavy (non-hydrogen) atoms. The number of esters is 4. The second-order valence-electron chi connectivity index (χ2n) is 31.4. The molecule has 0 aromatic heterocycles. The molecule has 0 saturated heterocycles. The predicted molar refractivity (Wildman–Crippen MR) is 414 cm³/mol. The van der Waals surface area contributed by atoms with Crippen molar-refractivity contribution in [3.05, 3.63) is 0 Å². The van der Waals surface area contributed by atoms with E-state index < -0.39 is 97.5 Å².